The van der Waals surface area contributed by atoms with Gasteiger partial charge in [-0.15, -0.1) is 13.2 Å². The number of hydrogen-bond acceptors (Lipinski definition) is 2. The third-order valence-electron chi connectivity index (χ3n) is 3.24. The standard InChI is InChI=1S/C17H27NO2/c1-7-9-14-11-13(3)12-15(10-8-2)18(14)16(19)20-17(4,5)6/h7-8,11,14-15H,1-2,9-10,12H2,3-6H3. The van der Waals surface area contributed by atoms with Crippen molar-refractivity contribution in [3.63, 3.8) is 0 Å². The predicted octanol–water partition coefficient (Wildman–Crippen LogP) is 4.46. The lowest BCUT2D eigenvalue weighted by molar-refractivity contribution is 0.00813. The minimum absolute atomic E-state index is 0.0287. The van der Waals surface area contributed by atoms with Gasteiger partial charge in [0.25, 0.3) is 0 Å². The summed E-state index contributed by atoms with van der Waals surface area (Å²) in [5.74, 6) is 0. The molecule has 0 aromatic carbocycles. The maximum Gasteiger partial charge on any atom is 0.411 e. The van der Waals surface area contributed by atoms with E-state index in [0.717, 1.165) is 19.3 Å². The fourth-order valence-electron chi connectivity index (χ4n) is 2.56. The highest BCUT2D eigenvalue weighted by atomic mass is 16.6. The molecule has 1 rings (SSSR count). The molecule has 2 unspecified atom stereocenters. The zero-order valence-electron chi connectivity index (χ0n) is 13.2. The summed E-state index contributed by atoms with van der Waals surface area (Å²) in [6.07, 6.45) is 8.00. The lowest BCUT2D eigenvalue weighted by Gasteiger charge is -2.40. The van der Waals surface area contributed by atoms with Crippen LogP contribution in [0.25, 0.3) is 0 Å². The van der Waals surface area contributed by atoms with Crippen LogP contribution in [0.5, 0.6) is 0 Å². The van der Waals surface area contributed by atoms with E-state index in [9.17, 15) is 4.79 Å². The Kier molecular flexibility index (Phi) is 5.61. The Morgan fingerprint density at radius 2 is 2.00 bits per heavy atom. The number of carbonyl (C=O) groups is 1. The van der Waals surface area contributed by atoms with Gasteiger partial charge in [-0.3, -0.25) is 4.90 Å². The fraction of sp³-hybridized carbons (Fsp3) is 0.588. The van der Waals surface area contributed by atoms with Crippen molar-refractivity contribution >= 4 is 6.09 Å². The Labute approximate surface area is 123 Å². The van der Waals surface area contributed by atoms with Gasteiger partial charge in [-0.2, -0.15) is 0 Å². The van der Waals surface area contributed by atoms with Gasteiger partial charge in [-0.05, 0) is 47.0 Å². The molecule has 0 fully saturated rings. The summed E-state index contributed by atoms with van der Waals surface area (Å²) >= 11 is 0. The maximum atomic E-state index is 12.5. The van der Waals surface area contributed by atoms with Crippen LogP contribution in [0, 0.1) is 0 Å². The second-order valence-corrected chi connectivity index (χ2v) is 6.37. The van der Waals surface area contributed by atoms with Crippen LogP contribution in [0.1, 0.15) is 47.0 Å². The molecule has 0 radical (unpaired) electrons. The van der Waals surface area contributed by atoms with Gasteiger partial charge in [0.1, 0.15) is 5.60 Å². The average Bonchev–Trinajstić information content (AvgIpc) is 2.26. The SMILES string of the molecule is C=CCC1C=C(C)CC(CC=C)N1C(=O)OC(C)(C)C. The van der Waals surface area contributed by atoms with Crippen LogP contribution in [-0.2, 0) is 4.74 Å². The lowest BCUT2D eigenvalue weighted by atomic mass is 9.93. The summed E-state index contributed by atoms with van der Waals surface area (Å²) in [7, 11) is 0. The van der Waals surface area contributed by atoms with E-state index >= 15 is 0 Å². The highest BCUT2D eigenvalue weighted by molar-refractivity contribution is 5.70. The van der Waals surface area contributed by atoms with Crippen LogP contribution in [-0.4, -0.2) is 28.7 Å². The van der Waals surface area contributed by atoms with Gasteiger partial charge in [0.2, 0.25) is 0 Å². The molecule has 0 aromatic rings. The van der Waals surface area contributed by atoms with E-state index < -0.39 is 5.60 Å². The Morgan fingerprint density at radius 3 is 2.50 bits per heavy atom. The fourth-order valence-corrected chi connectivity index (χ4v) is 2.56. The number of hydrogen-bond donors (Lipinski definition) is 0. The van der Waals surface area contributed by atoms with Crippen LogP contribution in [0.2, 0.25) is 0 Å². The molecule has 20 heavy (non-hydrogen) atoms. The molecule has 1 amide bonds. The molecule has 1 aliphatic rings. The maximum absolute atomic E-state index is 12.5. The summed E-state index contributed by atoms with van der Waals surface area (Å²) < 4.78 is 5.55. The first-order chi connectivity index (χ1) is 9.28. The van der Waals surface area contributed by atoms with Crippen molar-refractivity contribution < 1.29 is 9.53 Å². The van der Waals surface area contributed by atoms with Crippen LogP contribution in [0.15, 0.2) is 37.0 Å². The normalized spacial score (nSPS) is 23.0. The summed E-state index contributed by atoms with van der Waals surface area (Å²) in [4.78, 5) is 14.3. The largest absolute Gasteiger partial charge is 0.444 e. The molecule has 1 heterocycles. The average molecular weight is 277 g/mol. The summed E-state index contributed by atoms with van der Waals surface area (Å²) in [6, 6.07) is 0.151. The summed E-state index contributed by atoms with van der Waals surface area (Å²) in [6.45, 7) is 15.4. The van der Waals surface area contributed by atoms with E-state index in [2.05, 4.69) is 26.2 Å². The second kappa shape index (κ2) is 6.78. The third kappa shape index (κ3) is 4.55. The van der Waals surface area contributed by atoms with E-state index in [4.69, 9.17) is 4.74 Å². The quantitative estimate of drug-likeness (QED) is 0.710. The van der Waals surface area contributed by atoms with Gasteiger partial charge in [0.15, 0.2) is 0 Å². The zero-order valence-corrected chi connectivity index (χ0v) is 13.2. The molecule has 0 bridgehead atoms. The number of ether oxygens (including phenoxy) is 1. The first-order valence-electron chi connectivity index (χ1n) is 7.19. The monoisotopic (exact) mass is 277 g/mol. The summed E-state index contributed by atoms with van der Waals surface area (Å²) in [5, 5.41) is 0. The number of nitrogens with zero attached hydrogens (tertiary/aromatic N) is 1. The van der Waals surface area contributed by atoms with Crippen molar-refractivity contribution in [1.29, 1.82) is 0 Å². The van der Waals surface area contributed by atoms with Crippen molar-refractivity contribution in [3.05, 3.63) is 37.0 Å². The van der Waals surface area contributed by atoms with Gasteiger partial charge >= 0.3 is 6.09 Å². The second-order valence-electron chi connectivity index (χ2n) is 6.37. The number of carbonyl (C=O) groups excluding carboxylic acids is 1. The first kappa shape index (κ1) is 16.5. The van der Waals surface area contributed by atoms with Crippen molar-refractivity contribution in [3.8, 4) is 0 Å². The van der Waals surface area contributed by atoms with Crippen molar-refractivity contribution in [2.45, 2.75) is 64.6 Å². The molecule has 112 valence electrons. The minimum Gasteiger partial charge on any atom is -0.444 e. The Bertz CT molecular complexity index is 404. The van der Waals surface area contributed by atoms with Crippen LogP contribution in [0.3, 0.4) is 0 Å². The van der Waals surface area contributed by atoms with Crippen molar-refractivity contribution in [2.24, 2.45) is 0 Å². The molecular formula is C17H27NO2. The van der Waals surface area contributed by atoms with E-state index in [0.29, 0.717) is 0 Å². The third-order valence-corrected chi connectivity index (χ3v) is 3.24. The summed E-state index contributed by atoms with van der Waals surface area (Å²) in [5.41, 5.74) is 0.827. The Morgan fingerprint density at radius 1 is 1.40 bits per heavy atom. The predicted molar refractivity (Wildman–Crippen MR) is 83.7 cm³/mol. The molecule has 3 nitrogen and oxygen atoms in total. The smallest absolute Gasteiger partial charge is 0.411 e. The Balaban J connectivity index is 3.01. The highest BCUT2D eigenvalue weighted by Crippen LogP contribution is 2.28. The zero-order chi connectivity index (χ0) is 15.3. The molecule has 1 aliphatic heterocycles. The molecule has 0 saturated heterocycles. The van der Waals surface area contributed by atoms with E-state index in [1.54, 1.807) is 0 Å². The van der Waals surface area contributed by atoms with E-state index in [1.165, 1.54) is 5.57 Å². The van der Waals surface area contributed by atoms with Crippen LogP contribution < -0.4 is 0 Å². The number of rotatable bonds is 4. The molecule has 0 aliphatic carbocycles. The van der Waals surface area contributed by atoms with Crippen molar-refractivity contribution in [1.82, 2.24) is 4.90 Å². The molecular weight excluding hydrogens is 250 g/mol. The van der Waals surface area contributed by atoms with Gasteiger partial charge in [0, 0.05) is 6.04 Å². The highest BCUT2D eigenvalue weighted by Gasteiger charge is 2.34. The van der Waals surface area contributed by atoms with Crippen LogP contribution >= 0.6 is 0 Å². The van der Waals surface area contributed by atoms with Gasteiger partial charge in [0.05, 0.1) is 6.04 Å². The minimum atomic E-state index is -0.481. The Hall–Kier alpha value is -1.51. The topological polar surface area (TPSA) is 29.5 Å². The first-order valence-corrected chi connectivity index (χ1v) is 7.19. The lowest BCUT2D eigenvalue weighted by Crippen LogP contribution is -2.50. The van der Waals surface area contributed by atoms with Crippen LogP contribution in [0.4, 0.5) is 4.79 Å². The molecule has 3 heteroatoms. The van der Waals surface area contributed by atoms with Crippen molar-refractivity contribution in [2.75, 3.05) is 0 Å². The van der Waals surface area contributed by atoms with E-state index in [1.807, 2.05) is 37.8 Å². The molecule has 0 aromatic heterocycles. The molecule has 0 spiro atoms. The molecule has 2 atom stereocenters. The molecule has 0 saturated carbocycles. The molecule has 0 N–H and O–H groups in total. The van der Waals surface area contributed by atoms with Gasteiger partial charge in [-0.25, -0.2) is 4.79 Å². The number of amides is 1. The van der Waals surface area contributed by atoms with Gasteiger partial charge in [-0.1, -0.05) is 23.8 Å². The van der Waals surface area contributed by atoms with Gasteiger partial charge < -0.3 is 4.74 Å². The van der Waals surface area contributed by atoms with E-state index in [-0.39, 0.29) is 18.2 Å².